The third-order valence-corrected chi connectivity index (χ3v) is 11.3. The summed E-state index contributed by atoms with van der Waals surface area (Å²) in [5.74, 6) is 0. The smallest absolute Gasteiger partial charge is 0.213 e. The third-order valence-electron chi connectivity index (χ3n) is 11.3. The van der Waals surface area contributed by atoms with Gasteiger partial charge in [-0.15, -0.1) is 0 Å². The van der Waals surface area contributed by atoms with Crippen molar-refractivity contribution in [1.29, 1.82) is 0 Å². The maximum atomic E-state index is 2.46. The number of aryl methyl sites for hydroxylation is 1. The average Bonchev–Trinajstić information content (AvgIpc) is 3.15. The number of benzene rings is 2. The molecule has 0 aliphatic carbocycles. The number of unbranched alkanes of at least 4 members (excludes halogenated alkanes) is 13. The van der Waals surface area contributed by atoms with Crippen LogP contribution in [0.25, 0.3) is 22.6 Å². The van der Waals surface area contributed by atoms with Gasteiger partial charge >= 0.3 is 0 Å². The monoisotopic (exact) mass is 664 g/mol. The van der Waals surface area contributed by atoms with Crippen molar-refractivity contribution in [2.75, 3.05) is 37.6 Å². The zero-order valence-electron chi connectivity index (χ0n) is 31.9. The molecule has 1 aliphatic heterocycles. The molecule has 0 unspecified atom stereocenters. The van der Waals surface area contributed by atoms with Gasteiger partial charge in [-0.05, 0) is 56.5 Å². The van der Waals surface area contributed by atoms with Gasteiger partial charge in [-0.2, -0.15) is 4.57 Å². The van der Waals surface area contributed by atoms with Gasteiger partial charge in [0.25, 0.3) is 0 Å². The second-order valence-corrected chi connectivity index (χ2v) is 14.5. The van der Waals surface area contributed by atoms with Crippen LogP contribution in [0.1, 0.15) is 135 Å². The van der Waals surface area contributed by atoms with Gasteiger partial charge in [0.05, 0.1) is 38.0 Å². The van der Waals surface area contributed by atoms with E-state index in [1.165, 1.54) is 160 Å². The summed E-state index contributed by atoms with van der Waals surface area (Å²) in [6.45, 7) is 16.4. The summed E-state index contributed by atoms with van der Waals surface area (Å²) in [7, 11) is 0. The number of anilines is 1. The molecule has 0 bridgehead atoms. The van der Waals surface area contributed by atoms with E-state index in [2.05, 4.69) is 128 Å². The summed E-state index contributed by atoms with van der Waals surface area (Å²) >= 11 is 0. The van der Waals surface area contributed by atoms with E-state index in [1.807, 2.05) is 0 Å². The molecule has 3 nitrogen and oxygen atoms in total. The fourth-order valence-corrected chi connectivity index (χ4v) is 7.75. The van der Waals surface area contributed by atoms with Crippen LogP contribution >= 0.6 is 0 Å². The number of rotatable bonds is 24. The number of allylic oxidation sites excluding steroid dienone is 4. The molecule has 0 spiro atoms. The Balaban J connectivity index is 1.26. The molecule has 49 heavy (non-hydrogen) atoms. The third kappa shape index (κ3) is 12.0. The molecule has 4 rings (SSSR count). The van der Waals surface area contributed by atoms with Crippen LogP contribution in [0, 0.1) is 0 Å². The Hall–Kier alpha value is -3.17. The van der Waals surface area contributed by atoms with Gasteiger partial charge in [0.15, 0.2) is 12.7 Å². The quantitative estimate of drug-likeness (QED) is 0.0525. The first-order valence-corrected chi connectivity index (χ1v) is 20.3. The maximum Gasteiger partial charge on any atom is 0.213 e. The molecule has 2 heterocycles. The van der Waals surface area contributed by atoms with E-state index < -0.39 is 0 Å². The predicted molar refractivity (Wildman–Crippen MR) is 216 cm³/mol. The van der Waals surface area contributed by atoms with E-state index in [1.54, 1.807) is 0 Å². The number of quaternary nitrogens is 1. The minimum Gasteiger partial charge on any atom is -0.347 e. The highest BCUT2D eigenvalue weighted by molar-refractivity contribution is 5.89. The number of nitrogens with zero attached hydrogens (tertiary/aromatic N) is 3. The van der Waals surface area contributed by atoms with Crippen LogP contribution < -0.4 is 9.47 Å². The zero-order chi connectivity index (χ0) is 34.6. The summed E-state index contributed by atoms with van der Waals surface area (Å²) in [5, 5.41) is 1.32. The Kier molecular flexibility index (Phi) is 17.2. The predicted octanol–water partition coefficient (Wildman–Crippen LogP) is 12.3. The number of pyridine rings is 1. The van der Waals surface area contributed by atoms with Crippen LogP contribution in [0.15, 0.2) is 85.2 Å². The van der Waals surface area contributed by atoms with Crippen LogP contribution in [-0.2, 0) is 6.54 Å². The fraction of sp³-hybridized carbons (Fsp3) is 0.543. The second-order valence-electron chi connectivity index (χ2n) is 14.5. The maximum absolute atomic E-state index is 2.46. The largest absolute Gasteiger partial charge is 0.347 e. The lowest BCUT2D eigenvalue weighted by Gasteiger charge is -2.35. The van der Waals surface area contributed by atoms with Gasteiger partial charge in [-0.25, -0.2) is 0 Å². The van der Waals surface area contributed by atoms with Gasteiger partial charge in [-0.1, -0.05) is 139 Å². The SMILES string of the molecule is CCCCCCCCCCCCCCCCN1C=C/C(=C\C=C\c2cc[n+](CCC[N+](CC)(CC)CC)c3ccccc23)c2ccccc21. The van der Waals surface area contributed by atoms with E-state index in [0.29, 0.717) is 0 Å². The molecule has 0 radical (unpaired) electrons. The van der Waals surface area contributed by atoms with Gasteiger partial charge in [0, 0.05) is 36.1 Å². The zero-order valence-corrected chi connectivity index (χ0v) is 31.9. The van der Waals surface area contributed by atoms with Crippen molar-refractivity contribution in [1.82, 2.24) is 0 Å². The first-order valence-electron chi connectivity index (χ1n) is 20.3. The molecule has 3 aromatic rings. The Morgan fingerprint density at radius 3 is 1.94 bits per heavy atom. The molecule has 266 valence electrons. The summed E-state index contributed by atoms with van der Waals surface area (Å²) in [6.07, 6.45) is 34.5. The average molecular weight is 664 g/mol. The number of para-hydroxylation sites is 2. The lowest BCUT2D eigenvalue weighted by molar-refractivity contribution is -0.925. The van der Waals surface area contributed by atoms with Crippen molar-refractivity contribution in [3.63, 3.8) is 0 Å². The van der Waals surface area contributed by atoms with E-state index in [-0.39, 0.29) is 0 Å². The molecule has 1 aliphatic rings. The van der Waals surface area contributed by atoms with Crippen LogP contribution in [0.3, 0.4) is 0 Å². The fourth-order valence-electron chi connectivity index (χ4n) is 7.75. The van der Waals surface area contributed by atoms with Crippen LogP contribution in [0.4, 0.5) is 5.69 Å². The topological polar surface area (TPSA) is 7.12 Å². The Bertz CT molecular complexity index is 1450. The van der Waals surface area contributed by atoms with Crippen molar-refractivity contribution >= 4 is 28.2 Å². The summed E-state index contributed by atoms with van der Waals surface area (Å²) in [6, 6.07) is 20.1. The highest BCUT2D eigenvalue weighted by atomic mass is 15.3. The molecule has 0 saturated carbocycles. The normalized spacial score (nSPS) is 14.0. The van der Waals surface area contributed by atoms with Gasteiger partial charge in [-0.3, -0.25) is 0 Å². The van der Waals surface area contributed by atoms with Crippen molar-refractivity contribution in [3.05, 3.63) is 96.3 Å². The summed E-state index contributed by atoms with van der Waals surface area (Å²) in [5.41, 5.74) is 6.54. The van der Waals surface area contributed by atoms with E-state index >= 15 is 0 Å². The Labute approximate surface area is 301 Å². The molecule has 0 fully saturated rings. The molecule has 0 amide bonds. The molecule has 3 heteroatoms. The minimum atomic E-state index is 1.06. The Morgan fingerprint density at radius 1 is 0.653 bits per heavy atom. The Morgan fingerprint density at radius 2 is 1.27 bits per heavy atom. The van der Waals surface area contributed by atoms with Crippen LogP contribution in [-0.4, -0.2) is 37.2 Å². The highest BCUT2D eigenvalue weighted by Crippen LogP contribution is 2.33. The minimum absolute atomic E-state index is 1.06. The van der Waals surface area contributed by atoms with E-state index in [4.69, 9.17) is 0 Å². The number of fused-ring (bicyclic) bond motifs is 2. The van der Waals surface area contributed by atoms with Crippen molar-refractivity contribution in [2.24, 2.45) is 0 Å². The van der Waals surface area contributed by atoms with Gasteiger partial charge < -0.3 is 9.38 Å². The standard InChI is InChI=1S/C46H69N3/c1-5-9-10-11-12-13-14-15-16-17-18-19-20-25-36-47-38-34-41(43-30-21-23-32-45(43)47)28-26-29-42-35-39-48(46-33-24-22-31-44(42)46)37-27-40-49(6-2,7-3)8-4/h21-24,26,28-35,38-39H,5-20,25,27,36-37,40H2,1-4H3/q+2. The van der Waals surface area contributed by atoms with E-state index in [0.717, 1.165) is 13.1 Å². The molecular formula is C46H69N3+2. The van der Waals surface area contributed by atoms with E-state index in [9.17, 15) is 0 Å². The van der Waals surface area contributed by atoms with Gasteiger partial charge in [0.1, 0.15) is 0 Å². The van der Waals surface area contributed by atoms with Gasteiger partial charge in [0.2, 0.25) is 5.52 Å². The second kappa shape index (κ2) is 21.8. The molecule has 0 N–H and O–H groups in total. The van der Waals surface area contributed by atoms with Crippen molar-refractivity contribution < 1.29 is 9.05 Å². The molecule has 0 atom stereocenters. The first kappa shape index (κ1) is 38.6. The van der Waals surface area contributed by atoms with Crippen LogP contribution in [0.5, 0.6) is 0 Å². The number of hydrogen-bond acceptors (Lipinski definition) is 1. The number of aromatic nitrogens is 1. The first-order chi connectivity index (χ1) is 24.1. The van der Waals surface area contributed by atoms with Crippen molar-refractivity contribution in [2.45, 2.75) is 131 Å². The van der Waals surface area contributed by atoms with Crippen LogP contribution in [0.2, 0.25) is 0 Å². The molecule has 0 saturated heterocycles. The summed E-state index contributed by atoms with van der Waals surface area (Å²) < 4.78 is 3.66. The summed E-state index contributed by atoms with van der Waals surface area (Å²) in [4.78, 5) is 2.46. The lowest BCUT2D eigenvalue weighted by atomic mass is 9.98. The number of hydrogen-bond donors (Lipinski definition) is 0. The lowest BCUT2D eigenvalue weighted by Crippen LogP contribution is -2.49. The molecule has 1 aromatic heterocycles. The molecular weight excluding hydrogens is 595 g/mol. The van der Waals surface area contributed by atoms with Crippen molar-refractivity contribution in [3.8, 4) is 0 Å². The molecule has 2 aromatic carbocycles. The highest BCUT2D eigenvalue weighted by Gasteiger charge is 2.21.